The van der Waals surface area contributed by atoms with Crippen molar-refractivity contribution in [3.05, 3.63) is 78.6 Å². The van der Waals surface area contributed by atoms with E-state index in [9.17, 15) is 8.42 Å². The smallest absolute Gasteiger partial charge is 0.243 e. The zero-order chi connectivity index (χ0) is 18.7. The number of imidazole rings is 1. The fourth-order valence-electron chi connectivity index (χ4n) is 3.61. The zero-order valence-corrected chi connectivity index (χ0v) is 15.8. The number of hydrogen-bond acceptors (Lipinski definition) is 4. The van der Waals surface area contributed by atoms with E-state index in [1.165, 1.54) is 0 Å². The van der Waals surface area contributed by atoms with Gasteiger partial charge >= 0.3 is 0 Å². The monoisotopic (exact) mass is 382 g/mol. The van der Waals surface area contributed by atoms with Crippen LogP contribution >= 0.6 is 0 Å². The molecule has 1 atom stereocenters. The van der Waals surface area contributed by atoms with Gasteiger partial charge in [-0.25, -0.2) is 13.4 Å². The molecule has 140 valence electrons. The lowest BCUT2D eigenvalue weighted by Gasteiger charge is -2.32. The summed E-state index contributed by atoms with van der Waals surface area (Å²) in [6.07, 6.45) is 9.08. The van der Waals surface area contributed by atoms with Gasteiger partial charge in [0.05, 0.1) is 4.90 Å². The minimum atomic E-state index is -3.47. The van der Waals surface area contributed by atoms with E-state index in [0.29, 0.717) is 24.5 Å². The van der Waals surface area contributed by atoms with E-state index in [4.69, 9.17) is 0 Å². The Kier molecular flexibility index (Phi) is 5.05. The predicted octanol–water partition coefficient (Wildman–Crippen LogP) is 2.89. The molecule has 3 heterocycles. The maximum absolute atomic E-state index is 13.0. The largest absolute Gasteiger partial charge is 0.330 e. The van der Waals surface area contributed by atoms with Gasteiger partial charge in [-0.1, -0.05) is 18.2 Å². The average Bonchev–Trinajstić information content (AvgIpc) is 3.18. The first kappa shape index (κ1) is 17.9. The normalized spacial score (nSPS) is 18.4. The maximum atomic E-state index is 13.0. The number of hydrogen-bond donors (Lipinski definition) is 0. The van der Waals surface area contributed by atoms with Crippen LogP contribution in [0.25, 0.3) is 0 Å². The first-order valence-electron chi connectivity index (χ1n) is 9.10. The fraction of sp³-hybridized carbons (Fsp3) is 0.300. The van der Waals surface area contributed by atoms with Gasteiger partial charge in [-0.05, 0) is 42.7 Å². The lowest BCUT2D eigenvalue weighted by atomic mass is 9.98. The van der Waals surface area contributed by atoms with Crippen molar-refractivity contribution < 1.29 is 8.42 Å². The maximum Gasteiger partial charge on any atom is 0.243 e. The third kappa shape index (κ3) is 3.79. The second kappa shape index (κ2) is 7.62. The highest BCUT2D eigenvalue weighted by Gasteiger charge is 2.32. The van der Waals surface area contributed by atoms with Crippen LogP contribution in [0.15, 0.2) is 72.1 Å². The van der Waals surface area contributed by atoms with E-state index >= 15 is 0 Å². The van der Waals surface area contributed by atoms with E-state index in [1.54, 1.807) is 47.2 Å². The fourth-order valence-corrected chi connectivity index (χ4v) is 5.16. The van der Waals surface area contributed by atoms with Gasteiger partial charge in [-0.15, -0.1) is 0 Å². The molecule has 0 unspecified atom stereocenters. The van der Waals surface area contributed by atoms with Crippen LogP contribution < -0.4 is 0 Å². The van der Waals surface area contributed by atoms with Gasteiger partial charge in [0.1, 0.15) is 5.82 Å². The first-order chi connectivity index (χ1) is 13.1. The molecule has 4 rings (SSSR count). The molecule has 1 aliphatic rings. The van der Waals surface area contributed by atoms with Crippen molar-refractivity contribution in [3.8, 4) is 0 Å². The molecule has 3 aromatic rings. The number of benzene rings is 1. The third-order valence-corrected chi connectivity index (χ3v) is 6.86. The minimum Gasteiger partial charge on any atom is -0.330 e. The molecule has 1 saturated heterocycles. The summed E-state index contributed by atoms with van der Waals surface area (Å²) in [6.45, 7) is 1.73. The van der Waals surface area contributed by atoms with Gasteiger partial charge < -0.3 is 4.57 Å². The van der Waals surface area contributed by atoms with Crippen LogP contribution in [-0.4, -0.2) is 40.3 Å². The van der Waals surface area contributed by atoms with Crippen LogP contribution in [0.3, 0.4) is 0 Å². The SMILES string of the molecule is O=S(=O)(c1ccccc1)N1CCC[C@H](c2nccn2Cc2ccncc2)C1. The summed E-state index contributed by atoms with van der Waals surface area (Å²) < 4.78 is 29.6. The topological polar surface area (TPSA) is 68.1 Å². The number of piperidine rings is 1. The van der Waals surface area contributed by atoms with E-state index in [0.717, 1.165) is 24.2 Å². The molecule has 0 bridgehead atoms. The summed E-state index contributed by atoms with van der Waals surface area (Å²) in [4.78, 5) is 8.96. The van der Waals surface area contributed by atoms with Crippen LogP contribution in [0.2, 0.25) is 0 Å². The molecule has 0 saturated carbocycles. The predicted molar refractivity (Wildman–Crippen MR) is 103 cm³/mol. The van der Waals surface area contributed by atoms with Crippen LogP contribution in [-0.2, 0) is 16.6 Å². The van der Waals surface area contributed by atoms with Gasteiger partial charge in [0, 0.05) is 50.3 Å². The van der Waals surface area contributed by atoms with Crippen molar-refractivity contribution >= 4 is 10.0 Å². The van der Waals surface area contributed by atoms with Crippen LogP contribution in [0, 0.1) is 0 Å². The molecule has 6 nitrogen and oxygen atoms in total. The van der Waals surface area contributed by atoms with Crippen molar-refractivity contribution in [1.82, 2.24) is 18.8 Å². The summed E-state index contributed by atoms with van der Waals surface area (Å²) in [5.41, 5.74) is 1.15. The molecular weight excluding hydrogens is 360 g/mol. The molecule has 0 radical (unpaired) electrons. The molecule has 0 N–H and O–H groups in total. The summed E-state index contributed by atoms with van der Waals surface area (Å²) in [6, 6.07) is 12.6. The Morgan fingerprint density at radius 1 is 1.04 bits per heavy atom. The van der Waals surface area contributed by atoms with Gasteiger partial charge in [0.15, 0.2) is 0 Å². The van der Waals surface area contributed by atoms with Crippen molar-refractivity contribution in [2.45, 2.75) is 30.2 Å². The number of nitrogens with zero attached hydrogens (tertiary/aromatic N) is 4. The quantitative estimate of drug-likeness (QED) is 0.680. The Morgan fingerprint density at radius 3 is 2.59 bits per heavy atom. The van der Waals surface area contributed by atoms with Crippen molar-refractivity contribution in [1.29, 1.82) is 0 Å². The summed E-state index contributed by atoms with van der Waals surface area (Å²) in [5.74, 6) is 1.04. The van der Waals surface area contributed by atoms with E-state index in [-0.39, 0.29) is 5.92 Å². The van der Waals surface area contributed by atoms with Crippen LogP contribution in [0.4, 0.5) is 0 Å². The number of aromatic nitrogens is 3. The first-order valence-corrected chi connectivity index (χ1v) is 10.5. The zero-order valence-electron chi connectivity index (χ0n) is 15.0. The van der Waals surface area contributed by atoms with Crippen LogP contribution in [0.1, 0.15) is 30.1 Å². The van der Waals surface area contributed by atoms with Crippen molar-refractivity contribution in [2.75, 3.05) is 13.1 Å². The summed E-state index contributed by atoms with van der Waals surface area (Å²) >= 11 is 0. The van der Waals surface area contributed by atoms with Gasteiger partial charge in [0.2, 0.25) is 10.0 Å². The molecule has 2 aromatic heterocycles. The molecule has 1 aromatic carbocycles. The van der Waals surface area contributed by atoms with Crippen molar-refractivity contribution in [3.63, 3.8) is 0 Å². The molecule has 0 amide bonds. The molecule has 1 aliphatic heterocycles. The Hall–Kier alpha value is -2.51. The molecule has 0 aliphatic carbocycles. The number of pyridine rings is 1. The number of sulfonamides is 1. The highest BCUT2D eigenvalue weighted by atomic mass is 32.2. The summed E-state index contributed by atoms with van der Waals surface area (Å²) in [5, 5.41) is 0. The second-order valence-electron chi connectivity index (χ2n) is 6.78. The third-order valence-electron chi connectivity index (χ3n) is 4.98. The van der Waals surface area contributed by atoms with E-state index < -0.39 is 10.0 Å². The van der Waals surface area contributed by atoms with Crippen molar-refractivity contribution in [2.24, 2.45) is 0 Å². The molecule has 7 heteroatoms. The second-order valence-corrected chi connectivity index (χ2v) is 8.72. The molecule has 27 heavy (non-hydrogen) atoms. The van der Waals surface area contributed by atoms with E-state index in [2.05, 4.69) is 14.5 Å². The van der Waals surface area contributed by atoms with E-state index in [1.807, 2.05) is 24.4 Å². The van der Waals surface area contributed by atoms with Crippen LogP contribution in [0.5, 0.6) is 0 Å². The lowest BCUT2D eigenvalue weighted by Crippen LogP contribution is -2.39. The van der Waals surface area contributed by atoms with Gasteiger partial charge in [0.25, 0.3) is 0 Å². The Morgan fingerprint density at radius 2 is 1.81 bits per heavy atom. The Labute approximate surface area is 159 Å². The Bertz CT molecular complexity index is 987. The molecular formula is C20H22N4O2S. The Balaban J connectivity index is 1.55. The molecule has 0 spiro atoms. The lowest BCUT2D eigenvalue weighted by molar-refractivity contribution is 0.305. The van der Waals surface area contributed by atoms with Gasteiger partial charge in [-0.3, -0.25) is 4.98 Å². The highest BCUT2D eigenvalue weighted by Crippen LogP contribution is 2.29. The highest BCUT2D eigenvalue weighted by molar-refractivity contribution is 7.89. The minimum absolute atomic E-state index is 0.0917. The average molecular weight is 382 g/mol. The number of rotatable bonds is 5. The standard InChI is InChI=1S/C20H22N4O2S/c25-27(26,19-6-2-1-3-7-19)24-13-4-5-18(16-24)20-22-12-14-23(20)15-17-8-10-21-11-9-17/h1-3,6-12,14,18H,4-5,13,15-16H2/t18-/m0/s1. The molecule has 1 fully saturated rings. The van der Waals surface area contributed by atoms with Gasteiger partial charge in [-0.2, -0.15) is 4.31 Å². The summed E-state index contributed by atoms with van der Waals surface area (Å²) in [7, 11) is -3.47.